The first-order valence-corrected chi connectivity index (χ1v) is 9.73. The summed E-state index contributed by atoms with van der Waals surface area (Å²) in [6.07, 6.45) is 0. The summed E-state index contributed by atoms with van der Waals surface area (Å²) in [6, 6.07) is 10.5. The van der Waals surface area contributed by atoms with E-state index in [0.717, 1.165) is 37.4 Å². The van der Waals surface area contributed by atoms with Crippen LogP contribution in [0.25, 0.3) is 10.9 Å². The predicted molar refractivity (Wildman–Crippen MR) is 110 cm³/mol. The minimum absolute atomic E-state index is 0.273. The van der Waals surface area contributed by atoms with Crippen molar-refractivity contribution in [1.29, 1.82) is 0 Å². The van der Waals surface area contributed by atoms with E-state index in [2.05, 4.69) is 27.1 Å². The lowest BCUT2D eigenvalue weighted by Gasteiger charge is -2.36. The van der Waals surface area contributed by atoms with Gasteiger partial charge in [0.15, 0.2) is 0 Å². The van der Waals surface area contributed by atoms with Crippen LogP contribution < -0.4 is 10.2 Å². The first kappa shape index (κ1) is 19.4. The summed E-state index contributed by atoms with van der Waals surface area (Å²) in [5.74, 6) is -1.08. The Labute approximate surface area is 168 Å². The Morgan fingerprint density at radius 1 is 1.10 bits per heavy atom. The van der Waals surface area contributed by atoms with Crippen molar-refractivity contribution in [2.45, 2.75) is 13.0 Å². The number of carbonyl (C=O) groups excluding carboxylic acids is 1. The van der Waals surface area contributed by atoms with Gasteiger partial charge in [-0.2, -0.15) is 0 Å². The molecular weight excluding hydrogens is 374 g/mol. The standard InChI is InChI=1S/C22H24F2N4O/c1-14(25-22(29)20-13-17-18(24)4-3-5-19(17)26-20)16-12-15(23)6-7-21(16)28-10-8-27(2)9-11-28/h3-7,12-14,26H,8-11H2,1-2H3,(H,25,29). The van der Waals surface area contributed by atoms with Gasteiger partial charge in [-0.3, -0.25) is 4.79 Å². The molecule has 2 N–H and O–H groups in total. The van der Waals surface area contributed by atoms with E-state index in [9.17, 15) is 13.6 Å². The number of anilines is 1. The fourth-order valence-electron chi connectivity index (χ4n) is 3.80. The molecule has 3 aromatic rings. The SMILES string of the molecule is CC(NC(=O)c1cc2c(F)cccc2[nH]1)c1cc(F)ccc1N1CCN(C)CC1. The predicted octanol–water partition coefficient (Wildman–Crippen LogP) is 3.69. The second kappa shape index (κ2) is 7.83. The second-order valence-corrected chi connectivity index (χ2v) is 7.57. The van der Waals surface area contributed by atoms with Gasteiger partial charge < -0.3 is 20.1 Å². The van der Waals surface area contributed by atoms with Gasteiger partial charge in [0.05, 0.1) is 6.04 Å². The van der Waals surface area contributed by atoms with Crippen molar-refractivity contribution < 1.29 is 13.6 Å². The first-order chi connectivity index (χ1) is 13.9. The Balaban J connectivity index is 1.57. The van der Waals surface area contributed by atoms with Crippen molar-refractivity contribution >= 4 is 22.5 Å². The maximum absolute atomic E-state index is 14.0. The fraction of sp³-hybridized carbons (Fsp3) is 0.318. The van der Waals surface area contributed by atoms with Gasteiger partial charge in [-0.15, -0.1) is 0 Å². The molecule has 1 aliphatic rings. The molecule has 1 aliphatic heterocycles. The van der Waals surface area contributed by atoms with Gasteiger partial charge in [0.1, 0.15) is 17.3 Å². The largest absolute Gasteiger partial charge is 0.369 e. The lowest BCUT2D eigenvalue weighted by atomic mass is 10.0. The van der Waals surface area contributed by atoms with Crippen LogP contribution in [0, 0.1) is 11.6 Å². The van der Waals surface area contributed by atoms with Crippen LogP contribution in [-0.2, 0) is 0 Å². The number of hydrogen-bond donors (Lipinski definition) is 2. The molecule has 0 spiro atoms. The molecule has 29 heavy (non-hydrogen) atoms. The van der Waals surface area contributed by atoms with Gasteiger partial charge in [-0.1, -0.05) is 6.07 Å². The number of nitrogens with one attached hydrogen (secondary N) is 2. The lowest BCUT2D eigenvalue weighted by molar-refractivity contribution is 0.0935. The van der Waals surface area contributed by atoms with Crippen LogP contribution in [0.1, 0.15) is 29.0 Å². The number of amides is 1. The molecule has 4 rings (SSSR count). The van der Waals surface area contributed by atoms with Gasteiger partial charge in [-0.05, 0) is 50.4 Å². The second-order valence-electron chi connectivity index (χ2n) is 7.57. The van der Waals surface area contributed by atoms with Gasteiger partial charge in [0.2, 0.25) is 0 Å². The van der Waals surface area contributed by atoms with Gasteiger partial charge in [0, 0.05) is 48.3 Å². The Kier molecular flexibility index (Phi) is 5.24. The normalized spacial score (nSPS) is 16.2. The van der Waals surface area contributed by atoms with E-state index in [4.69, 9.17) is 0 Å². The highest BCUT2D eigenvalue weighted by atomic mass is 19.1. The number of hydrogen-bond acceptors (Lipinski definition) is 3. The van der Waals surface area contributed by atoms with Crippen LogP contribution in [-0.4, -0.2) is 49.0 Å². The molecule has 152 valence electrons. The lowest BCUT2D eigenvalue weighted by Crippen LogP contribution is -2.45. The monoisotopic (exact) mass is 398 g/mol. The number of aromatic amines is 1. The molecule has 1 aromatic heterocycles. The van der Waals surface area contributed by atoms with E-state index in [0.29, 0.717) is 10.9 Å². The summed E-state index contributed by atoms with van der Waals surface area (Å²) in [7, 11) is 2.08. The molecule has 0 aliphatic carbocycles. The summed E-state index contributed by atoms with van der Waals surface area (Å²) in [5.41, 5.74) is 2.49. The minimum Gasteiger partial charge on any atom is -0.369 e. The number of likely N-dealkylation sites (N-methyl/N-ethyl adjacent to an activating group) is 1. The summed E-state index contributed by atoms with van der Waals surface area (Å²) < 4.78 is 27.9. The van der Waals surface area contributed by atoms with Gasteiger partial charge >= 0.3 is 0 Å². The number of rotatable bonds is 4. The highest BCUT2D eigenvalue weighted by molar-refractivity contribution is 5.98. The van der Waals surface area contributed by atoms with E-state index in [-0.39, 0.29) is 23.2 Å². The maximum Gasteiger partial charge on any atom is 0.268 e. The molecule has 1 atom stereocenters. The summed E-state index contributed by atoms with van der Waals surface area (Å²) in [4.78, 5) is 20.2. The van der Waals surface area contributed by atoms with E-state index < -0.39 is 6.04 Å². The maximum atomic E-state index is 14.0. The zero-order valence-corrected chi connectivity index (χ0v) is 16.5. The number of aromatic nitrogens is 1. The minimum atomic E-state index is -0.413. The molecule has 1 unspecified atom stereocenters. The fourth-order valence-corrected chi connectivity index (χ4v) is 3.80. The molecule has 1 fully saturated rings. The topological polar surface area (TPSA) is 51.4 Å². The van der Waals surface area contributed by atoms with Crippen LogP contribution in [0.15, 0.2) is 42.5 Å². The van der Waals surface area contributed by atoms with Crippen molar-refractivity contribution in [3.05, 3.63) is 65.4 Å². The zero-order valence-electron chi connectivity index (χ0n) is 16.5. The third kappa shape index (κ3) is 3.96. The summed E-state index contributed by atoms with van der Waals surface area (Å²) in [5, 5.41) is 3.28. The summed E-state index contributed by atoms with van der Waals surface area (Å²) in [6.45, 7) is 5.38. The number of H-pyrrole nitrogens is 1. The van der Waals surface area contributed by atoms with Gasteiger partial charge in [0.25, 0.3) is 5.91 Å². The van der Waals surface area contributed by atoms with E-state index in [1.165, 1.54) is 24.3 Å². The molecule has 0 radical (unpaired) electrons. The smallest absolute Gasteiger partial charge is 0.268 e. The average molecular weight is 398 g/mol. The third-order valence-corrected chi connectivity index (χ3v) is 5.50. The van der Waals surface area contributed by atoms with Crippen LogP contribution in [0.2, 0.25) is 0 Å². The quantitative estimate of drug-likeness (QED) is 0.705. The summed E-state index contributed by atoms with van der Waals surface area (Å²) >= 11 is 0. The number of piperazine rings is 1. The number of halogens is 2. The Bertz CT molecular complexity index is 1040. The van der Waals surface area contributed by atoms with Crippen molar-refractivity contribution in [3.63, 3.8) is 0 Å². The number of nitrogens with zero attached hydrogens (tertiary/aromatic N) is 2. The molecular formula is C22H24F2N4O. The van der Waals surface area contributed by atoms with E-state index >= 15 is 0 Å². The van der Waals surface area contributed by atoms with E-state index in [1.54, 1.807) is 18.2 Å². The molecule has 2 aromatic carbocycles. The van der Waals surface area contributed by atoms with Crippen LogP contribution >= 0.6 is 0 Å². The van der Waals surface area contributed by atoms with Crippen molar-refractivity contribution in [3.8, 4) is 0 Å². The molecule has 0 saturated carbocycles. The van der Waals surface area contributed by atoms with Gasteiger partial charge in [-0.25, -0.2) is 8.78 Å². The molecule has 1 saturated heterocycles. The van der Waals surface area contributed by atoms with E-state index in [1.807, 2.05) is 6.92 Å². The average Bonchev–Trinajstić information content (AvgIpc) is 3.15. The third-order valence-electron chi connectivity index (χ3n) is 5.50. The number of benzene rings is 2. The Hall–Kier alpha value is -2.93. The van der Waals surface area contributed by atoms with Crippen LogP contribution in [0.3, 0.4) is 0 Å². The van der Waals surface area contributed by atoms with Crippen molar-refractivity contribution in [2.75, 3.05) is 38.1 Å². The number of fused-ring (bicyclic) bond motifs is 1. The Morgan fingerprint density at radius 3 is 2.59 bits per heavy atom. The molecule has 0 bridgehead atoms. The van der Waals surface area contributed by atoms with Crippen LogP contribution in [0.4, 0.5) is 14.5 Å². The highest BCUT2D eigenvalue weighted by Crippen LogP contribution is 2.29. The van der Waals surface area contributed by atoms with Crippen molar-refractivity contribution in [2.24, 2.45) is 0 Å². The van der Waals surface area contributed by atoms with Crippen molar-refractivity contribution in [1.82, 2.24) is 15.2 Å². The molecule has 2 heterocycles. The molecule has 7 heteroatoms. The Morgan fingerprint density at radius 2 is 1.86 bits per heavy atom. The first-order valence-electron chi connectivity index (χ1n) is 9.73. The molecule has 5 nitrogen and oxygen atoms in total. The number of carbonyl (C=O) groups is 1. The van der Waals surface area contributed by atoms with Crippen LogP contribution in [0.5, 0.6) is 0 Å². The molecule has 1 amide bonds. The zero-order chi connectivity index (χ0) is 20.5. The highest BCUT2D eigenvalue weighted by Gasteiger charge is 2.22.